The molecule has 0 aliphatic heterocycles. The monoisotopic (exact) mass is 332 g/mol. The molecule has 0 saturated heterocycles. The van der Waals surface area contributed by atoms with Crippen molar-refractivity contribution in [2.45, 2.75) is 25.8 Å². The Hall–Kier alpha value is -2.95. The van der Waals surface area contributed by atoms with Gasteiger partial charge in [-0.15, -0.1) is 10.2 Å². The number of carbonyl (C=O) groups excluding carboxylic acids is 1. The third kappa shape index (κ3) is 3.18. The topological polar surface area (TPSA) is 59.8 Å². The summed E-state index contributed by atoms with van der Waals surface area (Å²) >= 11 is 0. The minimum Gasteiger partial charge on any atom is -0.349 e. The predicted molar refractivity (Wildman–Crippen MR) is 95.2 cm³/mol. The zero-order valence-electron chi connectivity index (χ0n) is 14.1. The number of aryl methyl sites for hydroxylation is 1. The molecule has 1 aliphatic rings. The van der Waals surface area contributed by atoms with Gasteiger partial charge in [0.05, 0.1) is 6.54 Å². The Morgan fingerprint density at radius 3 is 2.72 bits per heavy atom. The second-order valence-electron chi connectivity index (χ2n) is 6.48. The first-order valence-corrected chi connectivity index (χ1v) is 8.51. The number of hydrogen-bond acceptors (Lipinski definition) is 3. The predicted octanol–water partition coefficient (Wildman–Crippen LogP) is 3.00. The van der Waals surface area contributed by atoms with Crippen molar-refractivity contribution >= 4 is 5.91 Å². The highest BCUT2D eigenvalue weighted by Crippen LogP contribution is 2.48. The van der Waals surface area contributed by atoms with Gasteiger partial charge in [0.25, 0.3) is 0 Å². The number of nitrogens with zero attached hydrogens (tertiary/aromatic N) is 3. The smallest absolute Gasteiger partial charge is 0.224 e. The Morgan fingerprint density at radius 2 is 1.92 bits per heavy atom. The van der Waals surface area contributed by atoms with Gasteiger partial charge in [-0.1, -0.05) is 42.5 Å². The normalized spacial score (nSPS) is 18.8. The van der Waals surface area contributed by atoms with Crippen molar-refractivity contribution in [3.8, 4) is 5.69 Å². The van der Waals surface area contributed by atoms with Crippen molar-refractivity contribution < 1.29 is 4.79 Å². The first-order valence-electron chi connectivity index (χ1n) is 8.51. The number of benzene rings is 2. The Balaban J connectivity index is 1.40. The summed E-state index contributed by atoms with van der Waals surface area (Å²) in [5, 5.41) is 11.1. The van der Waals surface area contributed by atoms with Gasteiger partial charge in [0.1, 0.15) is 6.33 Å². The van der Waals surface area contributed by atoms with E-state index in [0.29, 0.717) is 12.5 Å². The molecule has 1 aliphatic carbocycles. The molecule has 3 aromatic rings. The van der Waals surface area contributed by atoms with E-state index in [1.54, 1.807) is 6.33 Å². The van der Waals surface area contributed by atoms with Crippen molar-refractivity contribution in [3.63, 3.8) is 0 Å². The third-order valence-corrected chi connectivity index (χ3v) is 4.79. The van der Waals surface area contributed by atoms with E-state index >= 15 is 0 Å². The molecule has 1 saturated carbocycles. The van der Waals surface area contributed by atoms with E-state index in [4.69, 9.17) is 0 Å². The SMILES string of the molecule is Cc1ccccc1C1CC1C(=O)NCc1nncn1-c1ccccc1. The molecule has 5 nitrogen and oxygen atoms in total. The number of para-hydroxylation sites is 1. The zero-order chi connectivity index (χ0) is 17.2. The van der Waals surface area contributed by atoms with E-state index in [1.165, 1.54) is 11.1 Å². The van der Waals surface area contributed by atoms with Gasteiger partial charge in [0.2, 0.25) is 5.91 Å². The number of hydrogen-bond donors (Lipinski definition) is 1. The van der Waals surface area contributed by atoms with Gasteiger partial charge in [-0.25, -0.2) is 0 Å². The summed E-state index contributed by atoms with van der Waals surface area (Å²) in [6.07, 6.45) is 2.59. The fraction of sp³-hybridized carbons (Fsp3) is 0.250. The highest BCUT2D eigenvalue weighted by atomic mass is 16.2. The van der Waals surface area contributed by atoms with Gasteiger partial charge in [-0.05, 0) is 42.5 Å². The molecule has 1 heterocycles. The minimum atomic E-state index is 0.0641. The van der Waals surface area contributed by atoms with Crippen LogP contribution in [0.1, 0.15) is 29.3 Å². The maximum atomic E-state index is 12.5. The molecule has 1 amide bonds. The quantitative estimate of drug-likeness (QED) is 0.781. The van der Waals surface area contributed by atoms with Crippen LogP contribution in [0.2, 0.25) is 0 Å². The maximum Gasteiger partial charge on any atom is 0.224 e. The zero-order valence-corrected chi connectivity index (χ0v) is 14.1. The van der Waals surface area contributed by atoms with Crippen LogP contribution in [0, 0.1) is 12.8 Å². The molecule has 126 valence electrons. The lowest BCUT2D eigenvalue weighted by molar-refractivity contribution is -0.122. The average Bonchev–Trinajstić information content (AvgIpc) is 3.30. The van der Waals surface area contributed by atoms with Crippen LogP contribution in [0.4, 0.5) is 0 Å². The van der Waals surface area contributed by atoms with Crippen LogP contribution in [0.15, 0.2) is 60.9 Å². The molecule has 2 atom stereocenters. The Morgan fingerprint density at radius 1 is 1.16 bits per heavy atom. The molecule has 1 N–H and O–H groups in total. The van der Waals surface area contributed by atoms with Crippen molar-refractivity contribution in [2.75, 3.05) is 0 Å². The maximum absolute atomic E-state index is 12.5. The van der Waals surface area contributed by atoms with Crippen LogP contribution in [0.25, 0.3) is 5.69 Å². The van der Waals surface area contributed by atoms with Crippen LogP contribution in [-0.4, -0.2) is 20.7 Å². The van der Waals surface area contributed by atoms with Crippen LogP contribution < -0.4 is 5.32 Å². The van der Waals surface area contributed by atoms with E-state index in [2.05, 4.69) is 34.6 Å². The standard InChI is InChI=1S/C20H20N4O/c1-14-7-5-6-10-16(14)17-11-18(17)20(25)21-12-19-23-22-13-24(19)15-8-3-2-4-9-15/h2-10,13,17-18H,11-12H2,1H3,(H,21,25). The molecule has 2 aromatic carbocycles. The van der Waals surface area contributed by atoms with E-state index < -0.39 is 0 Å². The molecule has 0 bridgehead atoms. The number of nitrogens with one attached hydrogen (secondary N) is 1. The molecule has 1 aromatic heterocycles. The fourth-order valence-electron chi connectivity index (χ4n) is 3.31. The fourth-order valence-corrected chi connectivity index (χ4v) is 3.31. The van der Waals surface area contributed by atoms with Crippen LogP contribution in [0.3, 0.4) is 0 Å². The lowest BCUT2D eigenvalue weighted by Crippen LogP contribution is -2.26. The van der Waals surface area contributed by atoms with Crippen LogP contribution >= 0.6 is 0 Å². The van der Waals surface area contributed by atoms with Crippen molar-refractivity contribution in [1.82, 2.24) is 20.1 Å². The number of amides is 1. The van der Waals surface area contributed by atoms with Gasteiger partial charge < -0.3 is 5.32 Å². The Bertz CT molecular complexity index is 887. The summed E-state index contributed by atoms with van der Waals surface area (Å²) in [7, 11) is 0. The Kier molecular flexibility index (Phi) is 4.06. The highest BCUT2D eigenvalue weighted by Gasteiger charge is 2.44. The lowest BCUT2D eigenvalue weighted by atomic mass is 10.0. The van der Waals surface area contributed by atoms with Gasteiger partial charge >= 0.3 is 0 Å². The van der Waals surface area contributed by atoms with Crippen LogP contribution in [0.5, 0.6) is 0 Å². The minimum absolute atomic E-state index is 0.0641. The third-order valence-electron chi connectivity index (χ3n) is 4.79. The molecular weight excluding hydrogens is 312 g/mol. The average molecular weight is 332 g/mol. The number of aromatic nitrogens is 3. The first-order chi connectivity index (χ1) is 12.2. The van der Waals surface area contributed by atoms with E-state index in [0.717, 1.165) is 17.9 Å². The number of carbonyl (C=O) groups is 1. The van der Waals surface area contributed by atoms with Gasteiger partial charge in [-0.3, -0.25) is 9.36 Å². The molecular formula is C20H20N4O. The van der Waals surface area contributed by atoms with Crippen LogP contribution in [-0.2, 0) is 11.3 Å². The van der Waals surface area contributed by atoms with Crippen molar-refractivity contribution in [2.24, 2.45) is 5.92 Å². The summed E-state index contributed by atoms with van der Waals surface area (Å²) in [5.41, 5.74) is 3.53. The first kappa shape index (κ1) is 15.6. The molecule has 4 rings (SSSR count). The molecule has 2 unspecified atom stereocenters. The van der Waals surface area contributed by atoms with E-state index in [9.17, 15) is 4.79 Å². The summed E-state index contributed by atoms with van der Waals surface area (Å²) < 4.78 is 1.89. The molecule has 5 heteroatoms. The summed E-state index contributed by atoms with van der Waals surface area (Å²) in [6.45, 7) is 2.48. The molecule has 0 spiro atoms. The van der Waals surface area contributed by atoms with Gasteiger partial charge in [0.15, 0.2) is 5.82 Å². The second-order valence-corrected chi connectivity index (χ2v) is 6.48. The molecule has 0 radical (unpaired) electrons. The summed E-state index contributed by atoms with van der Waals surface area (Å²) in [5.74, 6) is 1.23. The van der Waals surface area contributed by atoms with E-state index in [1.807, 2.05) is 47.0 Å². The molecule has 25 heavy (non-hydrogen) atoms. The second kappa shape index (κ2) is 6.51. The van der Waals surface area contributed by atoms with Gasteiger partial charge in [0, 0.05) is 11.6 Å². The van der Waals surface area contributed by atoms with Crippen molar-refractivity contribution in [3.05, 3.63) is 77.9 Å². The number of rotatable bonds is 5. The van der Waals surface area contributed by atoms with E-state index in [-0.39, 0.29) is 11.8 Å². The molecule has 1 fully saturated rings. The summed E-state index contributed by atoms with van der Waals surface area (Å²) in [4.78, 5) is 12.5. The Labute approximate surface area is 146 Å². The lowest BCUT2D eigenvalue weighted by Gasteiger charge is -2.08. The van der Waals surface area contributed by atoms with Crippen molar-refractivity contribution in [1.29, 1.82) is 0 Å². The van der Waals surface area contributed by atoms with Gasteiger partial charge in [-0.2, -0.15) is 0 Å². The summed E-state index contributed by atoms with van der Waals surface area (Å²) in [6, 6.07) is 18.2. The largest absolute Gasteiger partial charge is 0.349 e. The highest BCUT2D eigenvalue weighted by molar-refractivity contribution is 5.82.